The Bertz CT molecular complexity index is 698. The predicted molar refractivity (Wildman–Crippen MR) is 78.7 cm³/mol. The maximum Gasteiger partial charge on any atom is 0.225 e. The number of anilines is 1. The van der Waals surface area contributed by atoms with Crippen molar-refractivity contribution in [2.45, 2.75) is 13.0 Å². The van der Waals surface area contributed by atoms with Gasteiger partial charge in [-0.15, -0.1) is 11.3 Å². The summed E-state index contributed by atoms with van der Waals surface area (Å²) >= 11 is 7.49. The second-order valence-corrected chi connectivity index (χ2v) is 5.37. The molecule has 3 aromatic rings. The molecule has 0 radical (unpaired) electrons. The number of hydrogen-bond donors (Lipinski definition) is 1. The van der Waals surface area contributed by atoms with Crippen molar-refractivity contribution < 1.29 is 0 Å². The van der Waals surface area contributed by atoms with E-state index in [1.54, 1.807) is 17.5 Å². The molecule has 0 fully saturated rings. The number of rotatable bonds is 3. The molecular weight excluding hydrogens is 280 g/mol. The number of aromatic nitrogens is 3. The fourth-order valence-electron chi connectivity index (χ4n) is 1.86. The Morgan fingerprint density at radius 3 is 3.00 bits per heavy atom. The summed E-state index contributed by atoms with van der Waals surface area (Å²) in [5.74, 6) is 0.757. The first-order chi connectivity index (χ1) is 9.24. The van der Waals surface area contributed by atoms with Crippen molar-refractivity contribution in [1.29, 1.82) is 0 Å². The van der Waals surface area contributed by atoms with Gasteiger partial charge in [0, 0.05) is 12.4 Å². The molecule has 0 aliphatic carbocycles. The first-order valence-electron chi connectivity index (χ1n) is 5.81. The van der Waals surface area contributed by atoms with E-state index in [-0.39, 0.29) is 11.3 Å². The summed E-state index contributed by atoms with van der Waals surface area (Å²) in [6.07, 6.45) is 3.60. The highest BCUT2D eigenvalue weighted by Gasteiger charge is 2.11. The Kier molecular flexibility index (Phi) is 3.31. The quantitative estimate of drug-likeness (QED) is 0.743. The van der Waals surface area contributed by atoms with Gasteiger partial charge in [-0.25, -0.2) is 9.97 Å². The second kappa shape index (κ2) is 5.11. The van der Waals surface area contributed by atoms with Crippen molar-refractivity contribution in [2.75, 3.05) is 5.32 Å². The van der Waals surface area contributed by atoms with Crippen LogP contribution < -0.4 is 5.32 Å². The van der Waals surface area contributed by atoms with E-state index < -0.39 is 0 Å². The monoisotopic (exact) mass is 290 g/mol. The third-order valence-corrected chi connectivity index (χ3v) is 3.81. The topological polar surface area (TPSA) is 50.7 Å². The fraction of sp³-hybridized carbons (Fsp3) is 0.154. The number of fused-ring (bicyclic) bond motifs is 1. The van der Waals surface area contributed by atoms with Gasteiger partial charge >= 0.3 is 0 Å². The average Bonchev–Trinajstić information content (AvgIpc) is 2.88. The lowest BCUT2D eigenvalue weighted by molar-refractivity contribution is 0.868. The minimum Gasteiger partial charge on any atom is -0.363 e. The molecule has 1 atom stereocenters. The molecule has 0 spiro atoms. The molecule has 0 aliphatic rings. The van der Waals surface area contributed by atoms with E-state index in [2.05, 4.69) is 27.2 Å². The Labute approximate surface area is 119 Å². The number of thiophene rings is 1. The van der Waals surface area contributed by atoms with Crippen LogP contribution in [0.5, 0.6) is 0 Å². The van der Waals surface area contributed by atoms with Crippen LogP contribution in [0.1, 0.15) is 18.5 Å². The minimum atomic E-state index is 0.0998. The number of nitrogens with zero attached hydrogens (tertiary/aromatic N) is 3. The van der Waals surface area contributed by atoms with Crippen molar-refractivity contribution in [1.82, 2.24) is 15.0 Å². The van der Waals surface area contributed by atoms with Crippen molar-refractivity contribution in [3.8, 4) is 0 Å². The largest absolute Gasteiger partial charge is 0.363 e. The molecule has 0 saturated carbocycles. The van der Waals surface area contributed by atoms with E-state index >= 15 is 0 Å². The van der Waals surface area contributed by atoms with Crippen LogP contribution in [0.15, 0.2) is 36.0 Å². The van der Waals surface area contributed by atoms with Crippen molar-refractivity contribution in [3.05, 3.63) is 46.8 Å². The highest BCUT2D eigenvalue weighted by atomic mass is 35.5. The van der Waals surface area contributed by atoms with Crippen LogP contribution in [0.25, 0.3) is 10.2 Å². The van der Waals surface area contributed by atoms with Gasteiger partial charge in [0.05, 0.1) is 11.4 Å². The Hall–Kier alpha value is -1.72. The first-order valence-corrected chi connectivity index (χ1v) is 7.07. The number of halogens is 1. The standard InChI is InChI=1S/C13H11ClN4S/c1-8(9-3-2-5-15-7-9)16-11-10-4-6-19-12(10)18-13(14)17-11/h2-8H,1H3,(H,16,17,18). The molecule has 0 aliphatic heterocycles. The van der Waals surface area contributed by atoms with Gasteiger partial charge in [0.25, 0.3) is 0 Å². The molecule has 4 nitrogen and oxygen atoms in total. The molecule has 3 aromatic heterocycles. The number of pyridine rings is 1. The van der Waals surface area contributed by atoms with Crippen LogP contribution in [0.4, 0.5) is 5.82 Å². The lowest BCUT2D eigenvalue weighted by Crippen LogP contribution is -2.08. The molecule has 96 valence electrons. The minimum absolute atomic E-state index is 0.0998. The Morgan fingerprint density at radius 2 is 2.21 bits per heavy atom. The lowest BCUT2D eigenvalue weighted by Gasteiger charge is -2.15. The predicted octanol–water partition coefficient (Wildman–Crippen LogP) is 3.91. The molecule has 0 amide bonds. The van der Waals surface area contributed by atoms with Gasteiger partial charge in [-0.1, -0.05) is 6.07 Å². The normalized spacial score (nSPS) is 12.5. The van der Waals surface area contributed by atoms with Gasteiger partial charge in [-0.2, -0.15) is 0 Å². The molecule has 0 aromatic carbocycles. The van der Waals surface area contributed by atoms with E-state index in [0.29, 0.717) is 0 Å². The lowest BCUT2D eigenvalue weighted by atomic mass is 10.1. The SMILES string of the molecule is CC(Nc1nc(Cl)nc2sccc12)c1cccnc1. The van der Waals surface area contributed by atoms with Crippen molar-refractivity contribution in [3.63, 3.8) is 0 Å². The zero-order valence-corrected chi connectivity index (χ0v) is 11.7. The van der Waals surface area contributed by atoms with Crippen molar-refractivity contribution >= 4 is 39.0 Å². The molecule has 3 heterocycles. The van der Waals surface area contributed by atoms with Crippen LogP contribution in [0.2, 0.25) is 5.28 Å². The van der Waals surface area contributed by atoms with Crippen LogP contribution in [-0.4, -0.2) is 15.0 Å². The van der Waals surface area contributed by atoms with Crippen LogP contribution >= 0.6 is 22.9 Å². The Balaban J connectivity index is 1.95. The summed E-state index contributed by atoms with van der Waals surface area (Å²) in [5.41, 5.74) is 1.10. The molecule has 6 heteroatoms. The number of nitrogens with one attached hydrogen (secondary N) is 1. The van der Waals surface area contributed by atoms with Crippen LogP contribution in [-0.2, 0) is 0 Å². The highest BCUT2D eigenvalue weighted by Crippen LogP contribution is 2.28. The summed E-state index contributed by atoms with van der Waals surface area (Å²) < 4.78 is 0. The van der Waals surface area contributed by atoms with E-state index in [4.69, 9.17) is 11.6 Å². The second-order valence-electron chi connectivity index (χ2n) is 4.13. The van der Waals surface area contributed by atoms with Gasteiger partial charge < -0.3 is 5.32 Å². The zero-order chi connectivity index (χ0) is 13.2. The maximum atomic E-state index is 5.94. The highest BCUT2D eigenvalue weighted by molar-refractivity contribution is 7.16. The molecule has 1 unspecified atom stereocenters. The van der Waals surface area contributed by atoms with Crippen LogP contribution in [0, 0.1) is 0 Å². The summed E-state index contributed by atoms with van der Waals surface area (Å²) in [6.45, 7) is 2.06. The number of hydrogen-bond acceptors (Lipinski definition) is 5. The van der Waals surface area contributed by atoms with Gasteiger partial charge in [0.2, 0.25) is 5.28 Å². The molecule has 19 heavy (non-hydrogen) atoms. The third-order valence-electron chi connectivity index (χ3n) is 2.84. The molecule has 0 saturated heterocycles. The molecule has 3 rings (SSSR count). The van der Waals surface area contributed by atoms with Gasteiger partial charge in [-0.05, 0) is 41.6 Å². The van der Waals surface area contributed by atoms with E-state index in [0.717, 1.165) is 21.6 Å². The van der Waals surface area contributed by atoms with Crippen LogP contribution in [0.3, 0.4) is 0 Å². The maximum absolute atomic E-state index is 5.94. The smallest absolute Gasteiger partial charge is 0.225 e. The molecular formula is C13H11ClN4S. The van der Waals surface area contributed by atoms with Gasteiger partial charge in [-0.3, -0.25) is 4.98 Å². The van der Waals surface area contributed by atoms with E-state index in [9.17, 15) is 0 Å². The average molecular weight is 291 g/mol. The molecule has 1 N–H and O–H groups in total. The fourth-order valence-corrected chi connectivity index (χ4v) is 2.84. The van der Waals surface area contributed by atoms with Crippen molar-refractivity contribution in [2.24, 2.45) is 0 Å². The van der Waals surface area contributed by atoms with Gasteiger partial charge in [0.15, 0.2) is 0 Å². The first kappa shape index (κ1) is 12.3. The van der Waals surface area contributed by atoms with E-state index in [1.165, 1.54) is 0 Å². The summed E-state index contributed by atoms with van der Waals surface area (Å²) in [5, 5.41) is 6.59. The third kappa shape index (κ3) is 2.52. The van der Waals surface area contributed by atoms with E-state index in [1.807, 2.05) is 29.8 Å². The van der Waals surface area contributed by atoms with Gasteiger partial charge in [0.1, 0.15) is 10.6 Å². The summed E-state index contributed by atoms with van der Waals surface area (Å²) in [7, 11) is 0. The summed E-state index contributed by atoms with van der Waals surface area (Å²) in [6, 6.07) is 6.04. The Morgan fingerprint density at radius 1 is 1.32 bits per heavy atom. The molecule has 0 bridgehead atoms. The zero-order valence-electron chi connectivity index (χ0n) is 10.2. The summed E-state index contributed by atoms with van der Waals surface area (Å²) in [4.78, 5) is 13.5.